The highest BCUT2D eigenvalue weighted by Crippen LogP contribution is 2.25. The molecule has 1 saturated heterocycles. The minimum absolute atomic E-state index is 0.0908. The van der Waals surface area contributed by atoms with Crippen LogP contribution in [-0.4, -0.2) is 45.0 Å². The lowest BCUT2D eigenvalue weighted by Crippen LogP contribution is -2.31. The first-order valence-corrected chi connectivity index (χ1v) is 8.59. The van der Waals surface area contributed by atoms with Crippen LogP contribution in [0.25, 0.3) is 10.2 Å². The quantitative estimate of drug-likeness (QED) is 0.719. The molecule has 124 valence electrons. The highest BCUT2D eigenvalue weighted by molar-refractivity contribution is 7.20. The van der Waals surface area contributed by atoms with Crippen molar-refractivity contribution in [2.45, 2.75) is 12.5 Å². The number of fused-ring (bicyclic) bond motifs is 1. The van der Waals surface area contributed by atoms with Crippen molar-refractivity contribution >= 4 is 27.5 Å². The SMILES string of the molecule is N#Cc1nccnc1OC1CCN(C(=O)c2nc3ccccc3s2)C1. The Labute approximate surface area is 147 Å². The summed E-state index contributed by atoms with van der Waals surface area (Å²) >= 11 is 1.39. The fraction of sp³-hybridized carbons (Fsp3) is 0.235. The third-order valence-electron chi connectivity index (χ3n) is 3.96. The molecule has 0 radical (unpaired) electrons. The molecule has 1 amide bonds. The number of amides is 1. The summed E-state index contributed by atoms with van der Waals surface area (Å²) < 4.78 is 6.76. The van der Waals surface area contributed by atoms with Crippen LogP contribution in [0.4, 0.5) is 0 Å². The van der Waals surface area contributed by atoms with Crippen molar-refractivity contribution in [1.82, 2.24) is 19.9 Å². The molecule has 2 aromatic heterocycles. The van der Waals surface area contributed by atoms with E-state index >= 15 is 0 Å². The Balaban J connectivity index is 1.46. The highest BCUT2D eigenvalue weighted by atomic mass is 32.1. The van der Waals surface area contributed by atoms with E-state index in [0.29, 0.717) is 24.5 Å². The van der Waals surface area contributed by atoms with Crippen LogP contribution in [0.1, 0.15) is 21.9 Å². The van der Waals surface area contributed by atoms with E-state index in [2.05, 4.69) is 15.0 Å². The number of nitrogens with zero attached hydrogens (tertiary/aromatic N) is 5. The number of ether oxygens (including phenoxy) is 1. The van der Waals surface area contributed by atoms with Crippen molar-refractivity contribution in [3.8, 4) is 11.9 Å². The van der Waals surface area contributed by atoms with E-state index in [-0.39, 0.29) is 23.6 Å². The van der Waals surface area contributed by atoms with Gasteiger partial charge >= 0.3 is 0 Å². The van der Waals surface area contributed by atoms with E-state index in [9.17, 15) is 4.79 Å². The molecule has 0 bridgehead atoms. The van der Waals surface area contributed by atoms with Gasteiger partial charge in [-0.05, 0) is 12.1 Å². The number of carbonyl (C=O) groups excluding carboxylic acids is 1. The first kappa shape index (κ1) is 15.5. The molecule has 0 spiro atoms. The number of rotatable bonds is 3. The van der Waals surface area contributed by atoms with Gasteiger partial charge in [-0.25, -0.2) is 15.0 Å². The standard InChI is InChI=1S/C17H13N5O2S/c18-9-13-15(20-7-6-19-13)24-11-5-8-22(10-11)17(23)16-21-12-3-1-2-4-14(12)25-16/h1-4,6-7,11H,5,8,10H2. The third-order valence-corrected chi connectivity index (χ3v) is 4.98. The largest absolute Gasteiger partial charge is 0.470 e. The highest BCUT2D eigenvalue weighted by Gasteiger charge is 2.30. The maximum atomic E-state index is 12.7. The zero-order chi connectivity index (χ0) is 17.2. The zero-order valence-corrected chi connectivity index (χ0v) is 13.9. The zero-order valence-electron chi connectivity index (χ0n) is 13.1. The molecule has 1 atom stereocenters. The molecule has 4 rings (SSSR count). The molecule has 7 nitrogen and oxygen atoms in total. The minimum atomic E-state index is -0.206. The van der Waals surface area contributed by atoms with Gasteiger partial charge in [-0.15, -0.1) is 11.3 Å². The maximum Gasteiger partial charge on any atom is 0.283 e. The molecule has 25 heavy (non-hydrogen) atoms. The van der Waals surface area contributed by atoms with Crippen LogP contribution >= 0.6 is 11.3 Å². The first-order valence-electron chi connectivity index (χ1n) is 7.77. The monoisotopic (exact) mass is 351 g/mol. The number of carbonyl (C=O) groups is 1. The Kier molecular flexibility index (Phi) is 3.99. The van der Waals surface area contributed by atoms with Gasteiger partial charge in [-0.2, -0.15) is 5.26 Å². The Morgan fingerprint density at radius 2 is 2.16 bits per heavy atom. The second kappa shape index (κ2) is 6.45. The van der Waals surface area contributed by atoms with Crippen LogP contribution < -0.4 is 4.74 Å². The molecule has 8 heteroatoms. The molecule has 1 aliphatic rings. The lowest BCUT2D eigenvalue weighted by molar-refractivity contribution is 0.0771. The average Bonchev–Trinajstić information content (AvgIpc) is 3.28. The molecule has 3 heterocycles. The summed E-state index contributed by atoms with van der Waals surface area (Å²) in [5, 5.41) is 9.53. The number of hydrogen-bond donors (Lipinski definition) is 0. The number of thiazole rings is 1. The summed E-state index contributed by atoms with van der Waals surface area (Å²) in [5.41, 5.74) is 0.986. The molecule has 0 N–H and O–H groups in total. The van der Waals surface area contributed by atoms with E-state index in [1.807, 2.05) is 30.3 Å². The van der Waals surface area contributed by atoms with Crippen LogP contribution in [0.5, 0.6) is 5.88 Å². The van der Waals surface area contributed by atoms with E-state index in [0.717, 1.165) is 10.2 Å². The molecular formula is C17H13N5O2S. The lowest BCUT2D eigenvalue weighted by Gasteiger charge is -2.15. The predicted octanol–water partition coefficient (Wildman–Crippen LogP) is 2.25. The molecule has 1 aromatic carbocycles. The van der Waals surface area contributed by atoms with Gasteiger partial charge in [-0.3, -0.25) is 4.79 Å². The third kappa shape index (κ3) is 3.02. The van der Waals surface area contributed by atoms with Gasteiger partial charge in [0.25, 0.3) is 11.8 Å². The van der Waals surface area contributed by atoms with E-state index in [1.165, 1.54) is 23.7 Å². The van der Waals surface area contributed by atoms with Crippen LogP contribution in [0.15, 0.2) is 36.7 Å². The number of nitriles is 1. The summed E-state index contributed by atoms with van der Waals surface area (Å²) in [6.45, 7) is 1.03. The van der Waals surface area contributed by atoms with E-state index in [1.54, 1.807) is 4.90 Å². The normalized spacial score (nSPS) is 16.8. The van der Waals surface area contributed by atoms with Gasteiger partial charge in [0.15, 0.2) is 5.01 Å². The molecule has 0 aliphatic carbocycles. The van der Waals surface area contributed by atoms with Crippen molar-refractivity contribution in [2.24, 2.45) is 0 Å². The van der Waals surface area contributed by atoms with Crippen molar-refractivity contribution in [1.29, 1.82) is 5.26 Å². The number of hydrogen-bond acceptors (Lipinski definition) is 7. The summed E-state index contributed by atoms with van der Waals surface area (Å²) in [6.07, 6.45) is 3.40. The number of aromatic nitrogens is 3. The summed E-state index contributed by atoms with van der Waals surface area (Å²) in [4.78, 5) is 26.8. The van der Waals surface area contributed by atoms with Gasteiger partial charge in [0, 0.05) is 25.4 Å². The van der Waals surface area contributed by atoms with Gasteiger partial charge in [-0.1, -0.05) is 12.1 Å². The van der Waals surface area contributed by atoms with Gasteiger partial charge in [0.05, 0.1) is 16.8 Å². The molecule has 1 fully saturated rings. The van der Waals surface area contributed by atoms with Gasteiger partial charge < -0.3 is 9.64 Å². The minimum Gasteiger partial charge on any atom is -0.470 e. The van der Waals surface area contributed by atoms with Crippen molar-refractivity contribution in [2.75, 3.05) is 13.1 Å². The second-order valence-electron chi connectivity index (χ2n) is 5.59. The molecule has 0 saturated carbocycles. The summed E-state index contributed by atoms with van der Waals surface area (Å²) in [6, 6.07) is 9.65. The van der Waals surface area contributed by atoms with E-state index in [4.69, 9.17) is 10.00 Å². The van der Waals surface area contributed by atoms with Crippen LogP contribution in [-0.2, 0) is 0 Å². The fourth-order valence-corrected chi connectivity index (χ4v) is 3.69. The first-order chi connectivity index (χ1) is 12.2. The molecule has 3 aromatic rings. The second-order valence-corrected chi connectivity index (χ2v) is 6.62. The Bertz CT molecular complexity index is 947. The van der Waals surface area contributed by atoms with E-state index < -0.39 is 0 Å². The summed E-state index contributed by atoms with van der Waals surface area (Å²) in [5.74, 6) is 0.122. The number of para-hydroxylation sites is 1. The fourth-order valence-electron chi connectivity index (χ4n) is 2.75. The Morgan fingerprint density at radius 1 is 1.32 bits per heavy atom. The maximum absolute atomic E-state index is 12.7. The lowest BCUT2D eigenvalue weighted by atomic mass is 10.3. The van der Waals surface area contributed by atoms with Crippen molar-refractivity contribution in [3.05, 3.63) is 47.4 Å². The smallest absolute Gasteiger partial charge is 0.283 e. The van der Waals surface area contributed by atoms with Crippen molar-refractivity contribution < 1.29 is 9.53 Å². The van der Waals surface area contributed by atoms with Gasteiger partial charge in [0.1, 0.15) is 12.2 Å². The van der Waals surface area contributed by atoms with Gasteiger partial charge in [0.2, 0.25) is 5.69 Å². The number of likely N-dealkylation sites (tertiary alicyclic amines) is 1. The Hall–Kier alpha value is -3.05. The molecule has 1 aliphatic heterocycles. The van der Waals surface area contributed by atoms with Crippen LogP contribution in [0.3, 0.4) is 0 Å². The Morgan fingerprint density at radius 3 is 3.00 bits per heavy atom. The van der Waals surface area contributed by atoms with Crippen LogP contribution in [0.2, 0.25) is 0 Å². The van der Waals surface area contributed by atoms with Crippen LogP contribution in [0, 0.1) is 11.3 Å². The predicted molar refractivity (Wildman–Crippen MR) is 91.3 cm³/mol. The molecular weight excluding hydrogens is 338 g/mol. The van der Waals surface area contributed by atoms with Crippen molar-refractivity contribution in [3.63, 3.8) is 0 Å². The average molecular weight is 351 g/mol. The topological polar surface area (TPSA) is 92.0 Å². The summed E-state index contributed by atoms with van der Waals surface area (Å²) in [7, 11) is 0. The number of benzene rings is 1. The molecule has 1 unspecified atom stereocenters.